The molecule has 0 saturated carbocycles. The molecule has 1 unspecified atom stereocenters. The van der Waals surface area contributed by atoms with Gasteiger partial charge in [0.2, 0.25) is 0 Å². The summed E-state index contributed by atoms with van der Waals surface area (Å²) in [5.74, 6) is 1.46. The number of nitrogens with one attached hydrogen (secondary N) is 2. The molecule has 0 spiro atoms. The highest BCUT2D eigenvalue weighted by molar-refractivity contribution is 5.40. The van der Waals surface area contributed by atoms with Gasteiger partial charge in [0.1, 0.15) is 5.75 Å². The standard InChI is InChI=1S/C14H18N4O2/c1-20-11-6-4-5-10(9-11)18-13(16-17-14(18)19)12-7-2-3-8-15-12/h4-6,9,12,15H,2-3,7-8H2,1H3,(H,17,19). The molecule has 1 aromatic heterocycles. The monoisotopic (exact) mass is 274 g/mol. The number of hydrogen-bond donors (Lipinski definition) is 2. The normalized spacial score (nSPS) is 18.9. The van der Waals surface area contributed by atoms with Gasteiger partial charge in [0.15, 0.2) is 5.82 Å². The number of hydrogen-bond acceptors (Lipinski definition) is 4. The van der Waals surface area contributed by atoms with E-state index in [1.807, 2.05) is 24.3 Å². The Kier molecular flexibility index (Phi) is 3.56. The first kappa shape index (κ1) is 12.9. The molecule has 2 heterocycles. The van der Waals surface area contributed by atoms with E-state index in [-0.39, 0.29) is 11.7 Å². The van der Waals surface area contributed by atoms with Crippen LogP contribution in [0.1, 0.15) is 31.1 Å². The molecule has 1 aliphatic rings. The third-order valence-corrected chi connectivity index (χ3v) is 3.63. The van der Waals surface area contributed by atoms with E-state index >= 15 is 0 Å². The molecule has 1 saturated heterocycles. The van der Waals surface area contributed by atoms with Crippen LogP contribution in [0.5, 0.6) is 5.75 Å². The van der Waals surface area contributed by atoms with Gasteiger partial charge in [-0.25, -0.2) is 14.5 Å². The molecule has 20 heavy (non-hydrogen) atoms. The molecule has 0 radical (unpaired) electrons. The van der Waals surface area contributed by atoms with E-state index < -0.39 is 0 Å². The van der Waals surface area contributed by atoms with Crippen molar-refractivity contribution in [1.29, 1.82) is 0 Å². The van der Waals surface area contributed by atoms with Crippen LogP contribution in [0.2, 0.25) is 0 Å². The van der Waals surface area contributed by atoms with Crippen LogP contribution >= 0.6 is 0 Å². The van der Waals surface area contributed by atoms with E-state index in [2.05, 4.69) is 15.5 Å². The molecule has 2 aromatic rings. The van der Waals surface area contributed by atoms with Crippen molar-refractivity contribution >= 4 is 0 Å². The fourth-order valence-corrected chi connectivity index (χ4v) is 2.61. The smallest absolute Gasteiger partial charge is 0.347 e. The maximum atomic E-state index is 12.1. The Bertz CT molecular complexity index is 641. The van der Waals surface area contributed by atoms with Crippen LogP contribution in [-0.4, -0.2) is 28.4 Å². The number of nitrogens with zero attached hydrogens (tertiary/aromatic N) is 2. The predicted molar refractivity (Wildman–Crippen MR) is 75.3 cm³/mol. The molecule has 2 N–H and O–H groups in total. The molecule has 1 aliphatic heterocycles. The van der Waals surface area contributed by atoms with Crippen LogP contribution in [-0.2, 0) is 0 Å². The fourth-order valence-electron chi connectivity index (χ4n) is 2.61. The zero-order chi connectivity index (χ0) is 13.9. The van der Waals surface area contributed by atoms with Crippen LogP contribution in [0.3, 0.4) is 0 Å². The van der Waals surface area contributed by atoms with Crippen LogP contribution in [0.4, 0.5) is 0 Å². The second-order valence-electron chi connectivity index (χ2n) is 4.93. The number of benzene rings is 1. The minimum Gasteiger partial charge on any atom is -0.497 e. The van der Waals surface area contributed by atoms with Crippen molar-refractivity contribution in [3.63, 3.8) is 0 Å². The summed E-state index contributed by atoms with van der Waals surface area (Å²) < 4.78 is 6.83. The maximum Gasteiger partial charge on any atom is 0.347 e. The van der Waals surface area contributed by atoms with E-state index in [0.717, 1.165) is 36.6 Å². The summed E-state index contributed by atoms with van der Waals surface area (Å²) in [4.78, 5) is 12.1. The summed E-state index contributed by atoms with van der Waals surface area (Å²) in [7, 11) is 1.61. The van der Waals surface area contributed by atoms with Crippen molar-refractivity contribution in [1.82, 2.24) is 20.1 Å². The van der Waals surface area contributed by atoms with E-state index in [1.54, 1.807) is 11.7 Å². The van der Waals surface area contributed by atoms with E-state index in [0.29, 0.717) is 0 Å². The quantitative estimate of drug-likeness (QED) is 0.887. The molecule has 1 atom stereocenters. The van der Waals surface area contributed by atoms with Crippen LogP contribution in [0.15, 0.2) is 29.1 Å². The predicted octanol–water partition coefficient (Wildman–Crippen LogP) is 1.38. The highest BCUT2D eigenvalue weighted by Gasteiger charge is 2.22. The van der Waals surface area contributed by atoms with Crippen molar-refractivity contribution in [3.05, 3.63) is 40.6 Å². The zero-order valence-electron chi connectivity index (χ0n) is 11.4. The Balaban J connectivity index is 2.03. The average Bonchev–Trinajstić information content (AvgIpc) is 2.90. The van der Waals surface area contributed by atoms with Gasteiger partial charge in [-0.3, -0.25) is 0 Å². The highest BCUT2D eigenvalue weighted by Crippen LogP contribution is 2.23. The van der Waals surface area contributed by atoms with Gasteiger partial charge < -0.3 is 10.1 Å². The van der Waals surface area contributed by atoms with Gasteiger partial charge in [-0.05, 0) is 31.5 Å². The van der Waals surface area contributed by atoms with Gasteiger partial charge in [0, 0.05) is 6.07 Å². The molecule has 0 amide bonds. The van der Waals surface area contributed by atoms with Gasteiger partial charge in [0.05, 0.1) is 18.8 Å². The minimum atomic E-state index is -0.222. The van der Waals surface area contributed by atoms with Crippen molar-refractivity contribution < 1.29 is 4.74 Å². The van der Waals surface area contributed by atoms with E-state index in [1.165, 1.54) is 6.42 Å². The molecular weight excluding hydrogens is 256 g/mol. The zero-order valence-corrected chi connectivity index (χ0v) is 11.4. The van der Waals surface area contributed by atoms with Crippen LogP contribution in [0.25, 0.3) is 5.69 Å². The summed E-state index contributed by atoms with van der Waals surface area (Å²) in [6, 6.07) is 7.56. The number of aromatic amines is 1. The van der Waals surface area contributed by atoms with Crippen LogP contribution < -0.4 is 15.7 Å². The molecule has 0 aliphatic carbocycles. The van der Waals surface area contributed by atoms with Gasteiger partial charge in [-0.2, -0.15) is 5.10 Å². The van der Waals surface area contributed by atoms with Crippen molar-refractivity contribution in [2.24, 2.45) is 0 Å². The fraction of sp³-hybridized carbons (Fsp3) is 0.429. The van der Waals surface area contributed by atoms with Crippen molar-refractivity contribution in [2.45, 2.75) is 25.3 Å². The maximum absolute atomic E-state index is 12.1. The minimum absolute atomic E-state index is 0.119. The first-order valence-electron chi connectivity index (χ1n) is 6.85. The molecule has 1 fully saturated rings. The van der Waals surface area contributed by atoms with Crippen molar-refractivity contribution in [3.8, 4) is 11.4 Å². The van der Waals surface area contributed by atoms with Gasteiger partial charge >= 0.3 is 5.69 Å². The first-order valence-corrected chi connectivity index (χ1v) is 6.85. The summed E-state index contributed by atoms with van der Waals surface area (Å²) in [5.41, 5.74) is 0.547. The number of aromatic nitrogens is 3. The summed E-state index contributed by atoms with van der Waals surface area (Å²) in [6.07, 6.45) is 3.31. The lowest BCUT2D eigenvalue weighted by Crippen LogP contribution is -2.30. The second-order valence-corrected chi connectivity index (χ2v) is 4.93. The third kappa shape index (κ3) is 2.34. The largest absolute Gasteiger partial charge is 0.497 e. The number of rotatable bonds is 3. The first-order chi connectivity index (χ1) is 9.79. The topological polar surface area (TPSA) is 71.9 Å². The molecule has 1 aromatic carbocycles. The number of methoxy groups -OCH3 is 1. The average molecular weight is 274 g/mol. The Hall–Kier alpha value is -2.08. The SMILES string of the molecule is COc1cccc(-n2c(C3CCCCN3)n[nH]c2=O)c1. The second kappa shape index (κ2) is 5.50. The Morgan fingerprint density at radius 1 is 1.40 bits per heavy atom. The van der Waals surface area contributed by atoms with Gasteiger partial charge in [-0.1, -0.05) is 12.5 Å². The molecular formula is C14H18N4O2. The Morgan fingerprint density at radius 3 is 3.05 bits per heavy atom. The van der Waals surface area contributed by atoms with Gasteiger partial charge in [0.25, 0.3) is 0 Å². The molecule has 6 nitrogen and oxygen atoms in total. The molecule has 106 valence electrons. The summed E-state index contributed by atoms with van der Waals surface area (Å²) in [6.45, 7) is 0.962. The van der Waals surface area contributed by atoms with Gasteiger partial charge in [-0.15, -0.1) is 0 Å². The molecule has 6 heteroatoms. The highest BCUT2D eigenvalue weighted by atomic mass is 16.5. The molecule has 0 bridgehead atoms. The van der Waals surface area contributed by atoms with Crippen molar-refractivity contribution in [2.75, 3.05) is 13.7 Å². The lowest BCUT2D eigenvalue weighted by atomic mass is 10.0. The summed E-state index contributed by atoms with van der Waals surface area (Å²) in [5, 5.41) is 10.2. The number of H-pyrrole nitrogens is 1. The third-order valence-electron chi connectivity index (χ3n) is 3.63. The number of ether oxygens (including phenoxy) is 1. The number of piperidine rings is 1. The van der Waals surface area contributed by atoms with Crippen LogP contribution in [0, 0.1) is 0 Å². The lowest BCUT2D eigenvalue weighted by Gasteiger charge is -2.22. The summed E-state index contributed by atoms with van der Waals surface area (Å²) >= 11 is 0. The Labute approximate surface area is 116 Å². The van der Waals surface area contributed by atoms with E-state index in [4.69, 9.17) is 4.74 Å². The molecule has 3 rings (SSSR count). The Morgan fingerprint density at radius 2 is 2.30 bits per heavy atom. The lowest BCUT2D eigenvalue weighted by molar-refractivity contribution is 0.392. The van der Waals surface area contributed by atoms with E-state index in [9.17, 15) is 4.79 Å².